The minimum atomic E-state index is 0.511. The molecule has 1 aromatic carbocycles. The third kappa shape index (κ3) is 3.08. The summed E-state index contributed by atoms with van der Waals surface area (Å²) in [5, 5.41) is 3.53. The van der Waals surface area contributed by atoms with Crippen LogP contribution in [0.15, 0.2) is 36.5 Å². The molecule has 0 saturated carbocycles. The number of nitrogens with one attached hydrogen (secondary N) is 1. The molecule has 1 N–H and O–H groups in total. The molecule has 0 aliphatic heterocycles. The van der Waals surface area contributed by atoms with Crippen molar-refractivity contribution < 1.29 is 4.74 Å². The Kier molecular flexibility index (Phi) is 4.20. The average Bonchev–Trinajstić information content (AvgIpc) is 2.89. The first-order valence-electron chi connectivity index (χ1n) is 7.67. The van der Waals surface area contributed by atoms with Gasteiger partial charge in [0.05, 0.1) is 5.69 Å². The summed E-state index contributed by atoms with van der Waals surface area (Å²) >= 11 is 0. The van der Waals surface area contributed by atoms with Gasteiger partial charge in [0.2, 0.25) is 0 Å². The number of benzene rings is 1. The zero-order valence-corrected chi connectivity index (χ0v) is 12.7. The molecule has 1 aliphatic rings. The highest BCUT2D eigenvalue weighted by Gasteiger charge is 2.21. The summed E-state index contributed by atoms with van der Waals surface area (Å²) in [4.78, 5) is 4.37. The highest BCUT2D eigenvalue weighted by atomic mass is 16.5. The van der Waals surface area contributed by atoms with E-state index in [1.165, 1.54) is 23.1 Å². The number of nitrogens with zero attached hydrogens (tertiary/aromatic N) is 1. The second-order valence-corrected chi connectivity index (χ2v) is 5.57. The molecule has 1 aliphatic carbocycles. The van der Waals surface area contributed by atoms with Gasteiger partial charge < -0.3 is 10.1 Å². The summed E-state index contributed by atoms with van der Waals surface area (Å²) < 4.78 is 5.91. The molecule has 0 bridgehead atoms. The van der Waals surface area contributed by atoms with Crippen LogP contribution in [0.25, 0.3) is 0 Å². The van der Waals surface area contributed by atoms with Crippen LogP contribution < -0.4 is 10.1 Å². The van der Waals surface area contributed by atoms with Crippen LogP contribution in [-0.2, 0) is 13.0 Å². The van der Waals surface area contributed by atoms with Crippen LogP contribution in [0.5, 0.6) is 5.75 Å². The molecule has 1 aromatic heterocycles. The second kappa shape index (κ2) is 6.27. The van der Waals surface area contributed by atoms with E-state index in [1.807, 2.05) is 12.3 Å². The van der Waals surface area contributed by atoms with Gasteiger partial charge in [-0.25, -0.2) is 0 Å². The van der Waals surface area contributed by atoms with Crippen LogP contribution >= 0.6 is 0 Å². The van der Waals surface area contributed by atoms with E-state index in [0.29, 0.717) is 12.6 Å². The fourth-order valence-corrected chi connectivity index (χ4v) is 2.96. The molecule has 3 rings (SSSR count). The van der Waals surface area contributed by atoms with Gasteiger partial charge in [-0.2, -0.15) is 0 Å². The van der Waals surface area contributed by atoms with Crippen molar-refractivity contribution in [3.05, 3.63) is 58.9 Å². The predicted molar refractivity (Wildman–Crippen MR) is 84.5 cm³/mol. The van der Waals surface area contributed by atoms with Gasteiger partial charge in [-0.1, -0.05) is 19.1 Å². The third-order valence-corrected chi connectivity index (χ3v) is 4.14. The maximum Gasteiger partial charge on any atom is 0.130 e. The standard InChI is InChI=1S/C18H22N2O/c1-3-19-17-9-6-14-11-15(7-8-16(14)17)21-12-18-13(2)5-4-10-20-18/h4-5,7-8,10-11,17,19H,3,6,9,12H2,1-2H3. The number of rotatable bonds is 5. The number of ether oxygens (including phenoxy) is 1. The second-order valence-electron chi connectivity index (χ2n) is 5.57. The summed E-state index contributed by atoms with van der Waals surface area (Å²) in [5.74, 6) is 0.941. The van der Waals surface area contributed by atoms with Crippen molar-refractivity contribution in [2.24, 2.45) is 0 Å². The molecule has 0 amide bonds. The maximum atomic E-state index is 5.91. The average molecular weight is 282 g/mol. The number of hydrogen-bond donors (Lipinski definition) is 1. The Morgan fingerprint density at radius 2 is 2.24 bits per heavy atom. The number of hydrogen-bond acceptors (Lipinski definition) is 3. The van der Waals surface area contributed by atoms with Crippen molar-refractivity contribution in [2.75, 3.05) is 6.54 Å². The van der Waals surface area contributed by atoms with Gasteiger partial charge in [0.1, 0.15) is 12.4 Å². The van der Waals surface area contributed by atoms with E-state index in [9.17, 15) is 0 Å². The molecule has 0 fully saturated rings. The Labute approximate surface area is 126 Å². The third-order valence-electron chi connectivity index (χ3n) is 4.14. The lowest BCUT2D eigenvalue weighted by Crippen LogP contribution is -2.18. The van der Waals surface area contributed by atoms with Gasteiger partial charge in [-0.05, 0) is 61.2 Å². The van der Waals surface area contributed by atoms with E-state index >= 15 is 0 Å². The number of aromatic nitrogens is 1. The van der Waals surface area contributed by atoms with Crippen LogP contribution in [0.2, 0.25) is 0 Å². The summed E-state index contributed by atoms with van der Waals surface area (Å²) in [6.45, 7) is 5.77. The lowest BCUT2D eigenvalue weighted by Gasteiger charge is -2.13. The summed E-state index contributed by atoms with van der Waals surface area (Å²) in [6.07, 6.45) is 4.13. The lowest BCUT2D eigenvalue weighted by atomic mass is 10.1. The van der Waals surface area contributed by atoms with Gasteiger partial charge in [0.25, 0.3) is 0 Å². The Bertz CT molecular complexity index is 624. The Hall–Kier alpha value is -1.87. The molecular weight excluding hydrogens is 260 g/mol. The first kappa shape index (κ1) is 14.1. The SMILES string of the molecule is CCNC1CCc2cc(OCc3ncccc3C)ccc21. The van der Waals surface area contributed by atoms with Gasteiger partial charge >= 0.3 is 0 Å². The monoisotopic (exact) mass is 282 g/mol. The zero-order chi connectivity index (χ0) is 14.7. The quantitative estimate of drug-likeness (QED) is 0.910. The van der Waals surface area contributed by atoms with Gasteiger partial charge in [0.15, 0.2) is 0 Å². The molecule has 1 heterocycles. The van der Waals surface area contributed by atoms with Crippen LogP contribution in [0.1, 0.15) is 41.8 Å². The molecule has 1 unspecified atom stereocenters. The molecule has 0 radical (unpaired) electrons. The van der Waals surface area contributed by atoms with E-state index in [4.69, 9.17) is 4.74 Å². The summed E-state index contributed by atoms with van der Waals surface area (Å²) in [7, 11) is 0. The summed E-state index contributed by atoms with van der Waals surface area (Å²) in [6, 6.07) is 11.0. The van der Waals surface area contributed by atoms with E-state index in [-0.39, 0.29) is 0 Å². The van der Waals surface area contributed by atoms with Gasteiger partial charge in [0, 0.05) is 12.2 Å². The highest BCUT2D eigenvalue weighted by molar-refractivity contribution is 5.40. The van der Waals surface area contributed by atoms with Crippen molar-refractivity contribution in [1.82, 2.24) is 10.3 Å². The van der Waals surface area contributed by atoms with E-state index in [1.54, 1.807) is 0 Å². The predicted octanol–water partition coefficient (Wildman–Crippen LogP) is 3.57. The molecule has 3 heteroatoms. The Morgan fingerprint density at radius 1 is 1.33 bits per heavy atom. The zero-order valence-electron chi connectivity index (χ0n) is 12.7. The normalized spacial score (nSPS) is 16.8. The van der Waals surface area contributed by atoms with Crippen LogP contribution in [0.4, 0.5) is 0 Å². The fraction of sp³-hybridized carbons (Fsp3) is 0.389. The lowest BCUT2D eigenvalue weighted by molar-refractivity contribution is 0.300. The molecule has 110 valence electrons. The molecule has 3 nitrogen and oxygen atoms in total. The van der Waals surface area contributed by atoms with Gasteiger partial charge in [-0.3, -0.25) is 4.98 Å². The van der Waals surface area contributed by atoms with Crippen LogP contribution in [-0.4, -0.2) is 11.5 Å². The molecule has 0 spiro atoms. The Balaban J connectivity index is 1.69. The number of fused-ring (bicyclic) bond motifs is 1. The number of aryl methyl sites for hydroxylation is 2. The van der Waals surface area contributed by atoms with E-state index in [0.717, 1.165) is 24.4 Å². The van der Waals surface area contributed by atoms with Crippen molar-refractivity contribution in [3.63, 3.8) is 0 Å². The smallest absolute Gasteiger partial charge is 0.130 e. The maximum absolute atomic E-state index is 5.91. The number of pyridine rings is 1. The van der Waals surface area contributed by atoms with Crippen LogP contribution in [0.3, 0.4) is 0 Å². The topological polar surface area (TPSA) is 34.1 Å². The van der Waals surface area contributed by atoms with Crippen LogP contribution in [0, 0.1) is 6.92 Å². The van der Waals surface area contributed by atoms with E-state index < -0.39 is 0 Å². The molecule has 21 heavy (non-hydrogen) atoms. The van der Waals surface area contributed by atoms with Gasteiger partial charge in [-0.15, -0.1) is 0 Å². The Morgan fingerprint density at radius 3 is 3.05 bits per heavy atom. The van der Waals surface area contributed by atoms with E-state index in [2.05, 4.69) is 48.4 Å². The highest BCUT2D eigenvalue weighted by Crippen LogP contribution is 2.33. The van der Waals surface area contributed by atoms with Crippen molar-refractivity contribution in [1.29, 1.82) is 0 Å². The minimum Gasteiger partial charge on any atom is -0.487 e. The molecular formula is C18H22N2O. The minimum absolute atomic E-state index is 0.511. The van der Waals surface area contributed by atoms with Crippen molar-refractivity contribution in [3.8, 4) is 5.75 Å². The first-order chi connectivity index (χ1) is 10.3. The van der Waals surface area contributed by atoms with Crippen molar-refractivity contribution >= 4 is 0 Å². The summed E-state index contributed by atoms with van der Waals surface area (Å²) in [5.41, 5.74) is 5.02. The molecule has 1 atom stereocenters. The fourth-order valence-electron chi connectivity index (χ4n) is 2.96. The van der Waals surface area contributed by atoms with Crippen molar-refractivity contribution in [2.45, 2.75) is 39.3 Å². The molecule has 2 aromatic rings. The largest absolute Gasteiger partial charge is 0.487 e. The first-order valence-corrected chi connectivity index (χ1v) is 7.67. The molecule has 0 saturated heterocycles.